The molecule has 1 aliphatic rings. The highest BCUT2D eigenvalue weighted by molar-refractivity contribution is 7.08. The van der Waals surface area contributed by atoms with Crippen molar-refractivity contribution in [3.63, 3.8) is 0 Å². The van der Waals surface area contributed by atoms with Crippen LogP contribution >= 0.6 is 11.3 Å². The Morgan fingerprint density at radius 3 is 2.93 bits per heavy atom. The van der Waals surface area contributed by atoms with Gasteiger partial charge in [-0.05, 0) is 42.7 Å². The number of anilines is 3. The molecule has 1 aliphatic carbocycles. The summed E-state index contributed by atoms with van der Waals surface area (Å²) in [7, 11) is 0. The fraction of sp³-hybridized carbons (Fsp3) is 0.333. The molecule has 0 unspecified atom stereocenters. The minimum atomic E-state index is -0.476. The standard InChI is InChI=1S/C21H23N5O2S/c1-3-20(27)26-21(28)15-7-5-6-14(15)16-11-29-12-18(16)25-17-8-19(23-4-2)24-10-13(17)9-22/h3,8,10-12,14-15H,1,4-7H2,2H3,(H2,23,24,25)(H,26,27,28)/t14-,15+/m1/s1. The number of hydrogen-bond donors (Lipinski definition) is 3. The SMILES string of the molecule is C=CC(=O)NC(=O)[C@H]1CCC[C@H]1c1cscc1Nc1cc(NCC)ncc1C#N. The van der Waals surface area contributed by atoms with Crippen molar-refractivity contribution in [2.45, 2.75) is 32.1 Å². The van der Waals surface area contributed by atoms with Crippen molar-refractivity contribution in [3.05, 3.63) is 46.8 Å². The molecule has 0 aromatic carbocycles. The molecule has 2 amide bonds. The first-order valence-corrected chi connectivity index (χ1v) is 10.5. The third-order valence-electron chi connectivity index (χ3n) is 5.03. The van der Waals surface area contributed by atoms with Crippen LogP contribution in [0, 0.1) is 17.2 Å². The van der Waals surface area contributed by atoms with E-state index in [1.165, 1.54) is 0 Å². The maximum atomic E-state index is 12.6. The highest BCUT2D eigenvalue weighted by atomic mass is 32.1. The van der Waals surface area contributed by atoms with Crippen LogP contribution in [0.15, 0.2) is 35.7 Å². The first-order chi connectivity index (χ1) is 14.1. The van der Waals surface area contributed by atoms with Gasteiger partial charge < -0.3 is 10.6 Å². The second-order valence-electron chi connectivity index (χ2n) is 6.82. The monoisotopic (exact) mass is 409 g/mol. The number of thiophene rings is 1. The Balaban J connectivity index is 1.85. The van der Waals surface area contributed by atoms with Gasteiger partial charge in [-0.25, -0.2) is 4.98 Å². The highest BCUT2D eigenvalue weighted by Crippen LogP contribution is 2.44. The number of hydrogen-bond acceptors (Lipinski definition) is 7. The van der Waals surface area contributed by atoms with Crippen LogP contribution in [0.25, 0.3) is 0 Å². The Bertz CT molecular complexity index is 962. The lowest BCUT2D eigenvalue weighted by atomic mass is 9.89. The quantitative estimate of drug-likeness (QED) is 0.599. The Kier molecular flexibility index (Phi) is 6.62. The first kappa shape index (κ1) is 20.6. The van der Waals surface area contributed by atoms with Gasteiger partial charge >= 0.3 is 0 Å². The van der Waals surface area contributed by atoms with Crippen molar-refractivity contribution in [2.24, 2.45) is 5.92 Å². The molecule has 0 aliphatic heterocycles. The van der Waals surface area contributed by atoms with Crippen LogP contribution < -0.4 is 16.0 Å². The molecule has 0 saturated heterocycles. The van der Waals surface area contributed by atoms with Crippen molar-refractivity contribution >= 4 is 40.3 Å². The predicted octanol–water partition coefficient (Wildman–Crippen LogP) is 3.90. The number of nitrogens with zero attached hydrogens (tertiary/aromatic N) is 2. The zero-order valence-electron chi connectivity index (χ0n) is 16.2. The zero-order chi connectivity index (χ0) is 20.8. The summed E-state index contributed by atoms with van der Waals surface area (Å²) in [5.41, 5.74) is 3.02. The van der Waals surface area contributed by atoms with Crippen molar-refractivity contribution in [1.82, 2.24) is 10.3 Å². The lowest BCUT2D eigenvalue weighted by Gasteiger charge is -2.20. The van der Waals surface area contributed by atoms with Crippen LogP contribution in [0.1, 0.15) is 43.2 Å². The zero-order valence-corrected chi connectivity index (χ0v) is 17.0. The van der Waals surface area contributed by atoms with E-state index in [2.05, 4.69) is 33.6 Å². The minimum Gasteiger partial charge on any atom is -0.370 e. The van der Waals surface area contributed by atoms with Crippen molar-refractivity contribution < 1.29 is 9.59 Å². The summed E-state index contributed by atoms with van der Waals surface area (Å²) in [5, 5.41) is 22.3. The van der Waals surface area contributed by atoms with Gasteiger partial charge in [0.15, 0.2) is 0 Å². The predicted molar refractivity (Wildman–Crippen MR) is 114 cm³/mol. The van der Waals surface area contributed by atoms with Gasteiger partial charge in [0.25, 0.3) is 0 Å². The maximum Gasteiger partial charge on any atom is 0.249 e. The molecular formula is C21H23N5O2S. The van der Waals surface area contributed by atoms with E-state index in [1.54, 1.807) is 17.5 Å². The van der Waals surface area contributed by atoms with E-state index in [9.17, 15) is 14.9 Å². The molecule has 2 atom stereocenters. The van der Waals surface area contributed by atoms with Gasteiger partial charge in [-0.2, -0.15) is 5.26 Å². The summed E-state index contributed by atoms with van der Waals surface area (Å²) >= 11 is 1.54. The topological polar surface area (TPSA) is 107 Å². The minimum absolute atomic E-state index is 0.0157. The van der Waals surface area contributed by atoms with E-state index in [4.69, 9.17) is 0 Å². The first-order valence-electron chi connectivity index (χ1n) is 9.51. The number of rotatable bonds is 7. The molecule has 29 heavy (non-hydrogen) atoms. The average Bonchev–Trinajstić information content (AvgIpc) is 3.37. The van der Waals surface area contributed by atoms with E-state index < -0.39 is 5.91 Å². The van der Waals surface area contributed by atoms with Gasteiger partial charge in [0.05, 0.1) is 16.9 Å². The van der Waals surface area contributed by atoms with Crippen LogP contribution in [0.5, 0.6) is 0 Å². The van der Waals surface area contributed by atoms with Crippen LogP contribution in [0.2, 0.25) is 0 Å². The van der Waals surface area contributed by atoms with Gasteiger partial charge in [0, 0.05) is 30.1 Å². The van der Waals surface area contributed by atoms with E-state index >= 15 is 0 Å². The number of nitrogens with one attached hydrogen (secondary N) is 3. The molecule has 0 bridgehead atoms. The molecule has 2 heterocycles. The lowest BCUT2D eigenvalue weighted by Crippen LogP contribution is -2.35. The molecule has 1 fully saturated rings. The molecule has 2 aromatic heterocycles. The van der Waals surface area contributed by atoms with Crippen LogP contribution in [-0.2, 0) is 9.59 Å². The third-order valence-corrected chi connectivity index (χ3v) is 5.79. The van der Waals surface area contributed by atoms with E-state index in [1.807, 2.05) is 23.8 Å². The third kappa shape index (κ3) is 4.63. The summed E-state index contributed by atoms with van der Waals surface area (Å²) in [4.78, 5) is 28.3. The van der Waals surface area contributed by atoms with Crippen molar-refractivity contribution in [1.29, 1.82) is 5.26 Å². The van der Waals surface area contributed by atoms with Crippen molar-refractivity contribution in [3.8, 4) is 6.07 Å². The smallest absolute Gasteiger partial charge is 0.249 e. The highest BCUT2D eigenvalue weighted by Gasteiger charge is 2.36. The normalized spacial score (nSPS) is 17.9. The summed E-state index contributed by atoms with van der Waals surface area (Å²) in [6, 6.07) is 3.97. The average molecular weight is 410 g/mol. The van der Waals surface area contributed by atoms with Gasteiger partial charge in [-0.3, -0.25) is 14.9 Å². The van der Waals surface area contributed by atoms with Crippen LogP contribution in [-0.4, -0.2) is 23.3 Å². The Morgan fingerprint density at radius 2 is 2.21 bits per heavy atom. The lowest BCUT2D eigenvalue weighted by molar-refractivity contribution is -0.130. The van der Waals surface area contributed by atoms with Gasteiger partial charge in [0.1, 0.15) is 11.9 Å². The molecule has 1 saturated carbocycles. The number of carbonyl (C=O) groups excluding carboxylic acids is 2. The van der Waals surface area contributed by atoms with E-state index in [0.29, 0.717) is 17.1 Å². The fourth-order valence-electron chi connectivity index (χ4n) is 3.68. The molecule has 8 heteroatoms. The largest absolute Gasteiger partial charge is 0.370 e. The number of nitriles is 1. The molecule has 7 nitrogen and oxygen atoms in total. The molecule has 0 radical (unpaired) electrons. The summed E-state index contributed by atoms with van der Waals surface area (Å²) in [6.07, 6.45) is 5.17. The number of aromatic nitrogens is 1. The second-order valence-corrected chi connectivity index (χ2v) is 7.57. The van der Waals surface area contributed by atoms with Gasteiger partial charge in [0.2, 0.25) is 11.8 Å². The number of carbonyl (C=O) groups is 2. The maximum absolute atomic E-state index is 12.6. The fourth-order valence-corrected chi connectivity index (χ4v) is 4.53. The van der Waals surface area contributed by atoms with Gasteiger partial charge in [-0.1, -0.05) is 13.0 Å². The Hall–Kier alpha value is -3.18. The summed E-state index contributed by atoms with van der Waals surface area (Å²) < 4.78 is 0. The number of imide groups is 1. The van der Waals surface area contributed by atoms with E-state index in [-0.39, 0.29) is 17.7 Å². The van der Waals surface area contributed by atoms with Crippen LogP contribution in [0.4, 0.5) is 17.2 Å². The molecule has 150 valence electrons. The van der Waals surface area contributed by atoms with Crippen LogP contribution in [0.3, 0.4) is 0 Å². The Morgan fingerprint density at radius 1 is 1.38 bits per heavy atom. The molecule has 3 N–H and O–H groups in total. The Labute approximate surface area is 173 Å². The second kappa shape index (κ2) is 9.34. The summed E-state index contributed by atoms with van der Waals surface area (Å²) in [5.74, 6) is -0.297. The number of pyridine rings is 1. The number of amides is 2. The molecule has 3 rings (SSSR count). The van der Waals surface area contributed by atoms with Crippen molar-refractivity contribution in [2.75, 3.05) is 17.2 Å². The molecular weight excluding hydrogens is 386 g/mol. The molecule has 2 aromatic rings. The van der Waals surface area contributed by atoms with E-state index in [0.717, 1.165) is 43.1 Å². The summed E-state index contributed by atoms with van der Waals surface area (Å²) in [6.45, 7) is 6.10. The molecule has 0 spiro atoms. The van der Waals surface area contributed by atoms with Gasteiger partial charge in [-0.15, -0.1) is 11.3 Å².